The molecule has 0 aliphatic heterocycles. The monoisotopic (exact) mass is 247 g/mol. The second kappa shape index (κ2) is 4.70. The number of nitrogen functional groups attached to an aromatic ring is 1. The summed E-state index contributed by atoms with van der Waals surface area (Å²) in [6.07, 6.45) is 0. The summed E-state index contributed by atoms with van der Waals surface area (Å²) in [5.41, 5.74) is 6.67. The Morgan fingerprint density at radius 2 is 1.83 bits per heavy atom. The van der Waals surface area contributed by atoms with Crippen LogP contribution in [0, 0.1) is 15.9 Å². The van der Waals surface area contributed by atoms with Gasteiger partial charge in [-0.1, -0.05) is 0 Å². The molecule has 0 heterocycles. The van der Waals surface area contributed by atoms with Gasteiger partial charge < -0.3 is 11.1 Å². The number of nitro benzene ring substituents is 1. The molecule has 0 aliphatic rings. The zero-order valence-electron chi connectivity index (χ0n) is 9.26. The fourth-order valence-corrected chi connectivity index (χ4v) is 1.44. The standard InChI is InChI=1S/C12H10FN3O2/c13-11-7-10(16(17)18)5-6-12(11)15-9-3-1-8(14)2-4-9/h1-7,15H,14H2. The van der Waals surface area contributed by atoms with Gasteiger partial charge in [0, 0.05) is 17.4 Å². The summed E-state index contributed by atoms with van der Waals surface area (Å²) in [7, 11) is 0. The number of nitrogens with one attached hydrogen (secondary N) is 1. The lowest BCUT2D eigenvalue weighted by Gasteiger charge is -2.07. The molecule has 3 N–H and O–H groups in total. The number of nitro groups is 1. The Labute approximate surface area is 102 Å². The molecule has 0 saturated heterocycles. The minimum absolute atomic E-state index is 0.172. The van der Waals surface area contributed by atoms with Crippen molar-refractivity contribution in [1.82, 2.24) is 0 Å². The van der Waals surface area contributed by atoms with Crippen LogP contribution >= 0.6 is 0 Å². The van der Waals surface area contributed by atoms with E-state index < -0.39 is 10.7 Å². The highest BCUT2D eigenvalue weighted by molar-refractivity contribution is 5.63. The molecule has 0 spiro atoms. The summed E-state index contributed by atoms with van der Waals surface area (Å²) >= 11 is 0. The highest BCUT2D eigenvalue weighted by Gasteiger charge is 2.10. The van der Waals surface area contributed by atoms with E-state index in [0.29, 0.717) is 11.4 Å². The van der Waals surface area contributed by atoms with Gasteiger partial charge in [0.05, 0.1) is 16.7 Å². The Morgan fingerprint density at radius 3 is 2.39 bits per heavy atom. The van der Waals surface area contributed by atoms with Crippen LogP contribution in [-0.4, -0.2) is 4.92 Å². The summed E-state index contributed by atoms with van der Waals surface area (Å²) in [4.78, 5) is 9.82. The van der Waals surface area contributed by atoms with Crippen molar-refractivity contribution in [2.24, 2.45) is 0 Å². The first-order valence-electron chi connectivity index (χ1n) is 5.13. The van der Waals surface area contributed by atoms with Crippen LogP contribution in [0.2, 0.25) is 0 Å². The van der Waals surface area contributed by atoms with Crippen LogP contribution in [0.4, 0.5) is 27.1 Å². The van der Waals surface area contributed by atoms with Gasteiger partial charge in [0.15, 0.2) is 5.82 Å². The van der Waals surface area contributed by atoms with E-state index >= 15 is 0 Å². The third kappa shape index (κ3) is 2.54. The normalized spacial score (nSPS) is 10.1. The van der Waals surface area contributed by atoms with Crippen LogP contribution in [0.5, 0.6) is 0 Å². The third-order valence-corrected chi connectivity index (χ3v) is 2.35. The average molecular weight is 247 g/mol. The number of halogens is 1. The number of non-ortho nitro benzene ring substituents is 1. The van der Waals surface area contributed by atoms with Crippen molar-refractivity contribution in [3.63, 3.8) is 0 Å². The zero-order chi connectivity index (χ0) is 13.1. The molecule has 2 aromatic rings. The lowest BCUT2D eigenvalue weighted by molar-refractivity contribution is -0.385. The van der Waals surface area contributed by atoms with E-state index in [1.807, 2.05) is 0 Å². The molecule has 0 saturated carbocycles. The Balaban J connectivity index is 2.24. The lowest BCUT2D eigenvalue weighted by atomic mass is 10.2. The largest absolute Gasteiger partial charge is 0.399 e. The molecule has 2 aromatic carbocycles. The second-order valence-corrected chi connectivity index (χ2v) is 3.67. The Kier molecular flexibility index (Phi) is 3.09. The van der Waals surface area contributed by atoms with Crippen LogP contribution in [-0.2, 0) is 0 Å². The van der Waals surface area contributed by atoms with Gasteiger partial charge in [-0.3, -0.25) is 10.1 Å². The first-order valence-corrected chi connectivity index (χ1v) is 5.13. The van der Waals surface area contributed by atoms with Gasteiger partial charge in [0.1, 0.15) is 0 Å². The van der Waals surface area contributed by atoms with Crippen LogP contribution < -0.4 is 11.1 Å². The number of anilines is 3. The predicted molar refractivity (Wildman–Crippen MR) is 67.2 cm³/mol. The minimum Gasteiger partial charge on any atom is -0.399 e. The van der Waals surface area contributed by atoms with Crippen molar-refractivity contribution in [2.45, 2.75) is 0 Å². The van der Waals surface area contributed by atoms with Gasteiger partial charge >= 0.3 is 0 Å². The average Bonchev–Trinajstić information content (AvgIpc) is 2.34. The van der Waals surface area contributed by atoms with E-state index in [4.69, 9.17) is 5.73 Å². The maximum Gasteiger partial charge on any atom is 0.272 e. The van der Waals surface area contributed by atoms with Crippen molar-refractivity contribution in [3.8, 4) is 0 Å². The number of rotatable bonds is 3. The van der Waals surface area contributed by atoms with Gasteiger partial charge in [0.2, 0.25) is 0 Å². The molecule has 0 amide bonds. The predicted octanol–water partition coefficient (Wildman–Crippen LogP) is 3.06. The molecule has 0 atom stereocenters. The van der Waals surface area contributed by atoms with Gasteiger partial charge in [0.25, 0.3) is 5.69 Å². The van der Waals surface area contributed by atoms with Crippen LogP contribution in [0.1, 0.15) is 0 Å². The van der Waals surface area contributed by atoms with Crippen molar-refractivity contribution >= 4 is 22.7 Å². The summed E-state index contributed by atoms with van der Waals surface area (Å²) in [6.45, 7) is 0. The van der Waals surface area contributed by atoms with Crippen molar-refractivity contribution < 1.29 is 9.31 Å². The molecule has 92 valence electrons. The van der Waals surface area contributed by atoms with Crippen molar-refractivity contribution in [3.05, 3.63) is 58.4 Å². The molecule has 18 heavy (non-hydrogen) atoms. The van der Waals surface area contributed by atoms with E-state index in [-0.39, 0.29) is 11.4 Å². The molecular weight excluding hydrogens is 237 g/mol. The lowest BCUT2D eigenvalue weighted by Crippen LogP contribution is -1.96. The topological polar surface area (TPSA) is 81.2 Å². The number of nitrogens with zero attached hydrogens (tertiary/aromatic N) is 1. The van der Waals surface area contributed by atoms with Crippen LogP contribution in [0.25, 0.3) is 0 Å². The summed E-state index contributed by atoms with van der Waals surface area (Å²) in [5.74, 6) is -0.680. The third-order valence-electron chi connectivity index (χ3n) is 2.35. The molecule has 0 aliphatic carbocycles. The molecule has 0 fully saturated rings. The van der Waals surface area contributed by atoms with Crippen LogP contribution in [0.15, 0.2) is 42.5 Å². The van der Waals surface area contributed by atoms with Crippen molar-refractivity contribution in [1.29, 1.82) is 0 Å². The summed E-state index contributed by atoms with van der Waals surface area (Å²) in [5, 5.41) is 13.3. The first-order chi connectivity index (χ1) is 8.56. The fraction of sp³-hybridized carbons (Fsp3) is 0. The van der Waals surface area contributed by atoms with Gasteiger partial charge in [-0.2, -0.15) is 0 Å². The number of hydrogen-bond acceptors (Lipinski definition) is 4. The summed E-state index contributed by atoms with van der Waals surface area (Å²) < 4.78 is 13.6. The minimum atomic E-state index is -0.680. The van der Waals surface area contributed by atoms with Gasteiger partial charge in [-0.25, -0.2) is 4.39 Å². The Hall–Kier alpha value is -2.63. The second-order valence-electron chi connectivity index (χ2n) is 3.67. The summed E-state index contributed by atoms with van der Waals surface area (Å²) in [6, 6.07) is 10.2. The Bertz CT molecular complexity index is 584. The van der Waals surface area contributed by atoms with Gasteiger partial charge in [-0.15, -0.1) is 0 Å². The SMILES string of the molecule is Nc1ccc(Nc2ccc([N+](=O)[O-])cc2F)cc1. The maximum atomic E-state index is 13.6. The van der Waals surface area contributed by atoms with Crippen molar-refractivity contribution in [2.75, 3.05) is 11.1 Å². The Morgan fingerprint density at radius 1 is 1.17 bits per heavy atom. The fourth-order valence-electron chi connectivity index (χ4n) is 1.44. The van der Waals surface area contributed by atoms with E-state index in [1.54, 1.807) is 24.3 Å². The molecule has 0 radical (unpaired) electrons. The number of hydrogen-bond donors (Lipinski definition) is 2. The quantitative estimate of drug-likeness (QED) is 0.496. The molecule has 0 bridgehead atoms. The molecule has 2 rings (SSSR count). The molecule has 0 unspecified atom stereocenters. The van der Waals surface area contributed by atoms with Crippen LogP contribution in [0.3, 0.4) is 0 Å². The highest BCUT2D eigenvalue weighted by atomic mass is 19.1. The highest BCUT2D eigenvalue weighted by Crippen LogP contribution is 2.24. The van der Waals surface area contributed by atoms with E-state index in [2.05, 4.69) is 5.32 Å². The zero-order valence-corrected chi connectivity index (χ0v) is 9.26. The molecule has 6 heteroatoms. The smallest absolute Gasteiger partial charge is 0.272 e. The molecular formula is C12H10FN3O2. The first kappa shape index (κ1) is 11.8. The van der Waals surface area contributed by atoms with E-state index in [0.717, 1.165) is 6.07 Å². The van der Waals surface area contributed by atoms with Gasteiger partial charge in [-0.05, 0) is 30.3 Å². The van der Waals surface area contributed by atoms with E-state index in [9.17, 15) is 14.5 Å². The number of benzene rings is 2. The maximum absolute atomic E-state index is 13.6. The molecule has 0 aromatic heterocycles. The van der Waals surface area contributed by atoms with E-state index in [1.165, 1.54) is 12.1 Å². The number of nitrogens with two attached hydrogens (primary N) is 1. The molecule has 5 nitrogen and oxygen atoms in total.